The van der Waals surface area contributed by atoms with Gasteiger partial charge in [-0.2, -0.15) is 0 Å². The summed E-state index contributed by atoms with van der Waals surface area (Å²) in [7, 11) is 3.16. The second-order valence-electron chi connectivity index (χ2n) is 5.74. The summed E-state index contributed by atoms with van der Waals surface area (Å²) in [4.78, 5) is 15.2. The van der Waals surface area contributed by atoms with Crippen LogP contribution in [0.1, 0.15) is 37.0 Å². The van der Waals surface area contributed by atoms with Gasteiger partial charge in [-0.25, -0.2) is 0 Å². The van der Waals surface area contributed by atoms with E-state index in [1.807, 2.05) is 13.8 Å². The summed E-state index contributed by atoms with van der Waals surface area (Å²) in [5, 5.41) is 0. The molecule has 0 amide bonds. The molecule has 0 atom stereocenters. The number of carbonyl (C=O) groups excluding carboxylic acids is 1. The minimum absolute atomic E-state index is 0.0737. The number of rotatable bonds is 5. The monoisotopic (exact) mass is 355 g/mol. The van der Waals surface area contributed by atoms with Gasteiger partial charge in [0.15, 0.2) is 5.78 Å². The van der Waals surface area contributed by atoms with Gasteiger partial charge in [0.05, 0.1) is 25.3 Å². The lowest BCUT2D eigenvalue weighted by molar-refractivity contribution is 0.0699. The summed E-state index contributed by atoms with van der Waals surface area (Å²) in [5.74, 6) is 1.26. The Morgan fingerprint density at radius 3 is 2.33 bits per heavy atom. The van der Waals surface area contributed by atoms with Crippen molar-refractivity contribution < 1.29 is 14.3 Å². The molecule has 1 aliphatic heterocycles. The van der Waals surface area contributed by atoms with Crippen LogP contribution in [0.25, 0.3) is 0 Å². The second kappa shape index (κ2) is 6.36. The molecule has 2 rings (SSSR count). The molecule has 0 N–H and O–H groups in total. The average molecular weight is 356 g/mol. The van der Waals surface area contributed by atoms with Crippen LogP contribution in [0.4, 0.5) is 0 Å². The highest BCUT2D eigenvalue weighted by molar-refractivity contribution is 9.10. The van der Waals surface area contributed by atoms with Gasteiger partial charge in [0.1, 0.15) is 16.0 Å². The zero-order valence-electron chi connectivity index (χ0n) is 13.0. The number of hydrogen-bond donors (Lipinski definition) is 0. The van der Waals surface area contributed by atoms with Gasteiger partial charge in [-0.3, -0.25) is 9.69 Å². The van der Waals surface area contributed by atoms with Gasteiger partial charge in [-0.1, -0.05) is 0 Å². The molecule has 1 aliphatic rings. The van der Waals surface area contributed by atoms with Crippen molar-refractivity contribution >= 4 is 21.7 Å². The van der Waals surface area contributed by atoms with Gasteiger partial charge in [0.25, 0.3) is 0 Å². The number of ketones is 1. The highest BCUT2D eigenvalue weighted by atomic mass is 79.9. The van der Waals surface area contributed by atoms with Gasteiger partial charge < -0.3 is 9.47 Å². The van der Waals surface area contributed by atoms with Crippen molar-refractivity contribution in [1.82, 2.24) is 4.90 Å². The lowest BCUT2D eigenvalue weighted by Gasteiger charge is -2.34. The number of benzene rings is 1. The smallest absolute Gasteiger partial charge is 0.186 e. The molecule has 1 heterocycles. The maximum atomic E-state index is 13.0. The molecule has 1 aromatic carbocycles. The predicted molar refractivity (Wildman–Crippen MR) is 86.5 cm³/mol. The number of carbonyl (C=O) groups is 1. The van der Waals surface area contributed by atoms with E-state index in [1.54, 1.807) is 26.4 Å². The van der Waals surface area contributed by atoms with Gasteiger partial charge in [-0.05, 0) is 67.8 Å². The van der Waals surface area contributed by atoms with Crippen LogP contribution in [0.15, 0.2) is 16.6 Å². The molecule has 0 bridgehead atoms. The molecule has 1 fully saturated rings. The molecule has 5 heteroatoms. The molecule has 0 aromatic heterocycles. The van der Waals surface area contributed by atoms with Crippen molar-refractivity contribution in [2.75, 3.05) is 27.3 Å². The van der Waals surface area contributed by atoms with Crippen molar-refractivity contribution in [1.29, 1.82) is 0 Å². The molecule has 1 saturated heterocycles. The molecule has 0 radical (unpaired) electrons. The normalized spacial score (nSPS) is 16.0. The number of likely N-dealkylation sites (tertiary alicyclic amines) is 1. The quantitative estimate of drug-likeness (QED) is 0.757. The van der Waals surface area contributed by atoms with Gasteiger partial charge >= 0.3 is 0 Å². The fourth-order valence-corrected chi connectivity index (χ4v) is 3.49. The van der Waals surface area contributed by atoms with Crippen molar-refractivity contribution in [3.63, 3.8) is 0 Å². The Hall–Kier alpha value is -1.07. The Kier molecular flexibility index (Phi) is 4.94. The van der Waals surface area contributed by atoms with Crippen LogP contribution in [0.5, 0.6) is 11.5 Å². The lowest BCUT2D eigenvalue weighted by Crippen LogP contribution is -2.48. The van der Waals surface area contributed by atoms with E-state index >= 15 is 0 Å². The maximum absolute atomic E-state index is 13.0. The summed E-state index contributed by atoms with van der Waals surface area (Å²) >= 11 is 3.46. The summed E-state index contributed by atoms with van der Waals surface area (Å²) in [6.07, 6.45) is 2.31. The molecular weight excluding hydrogens is 334 g/mol. The first-order chi connectivity index (χ1) is 9.93. The van der Waals surface area contributed by atoms with E-state index in [0.29, 0.717) is 21.5 Å². The summed E-state index contributed by atoms with van der Waals surface area (Å²) < 4.78 is 11.4. The van der Waals surface area contributed by atoms with Crippen molar-refractivity contribution in [3.05, 3.63) is 22.2 Å². The Morgan fingerprint density at radius 1 is 1.19 bits per heavy atom. The fourth-order valence-electron chi connectivity index (χ4n) is 2.82. The molecular formula is C16H22BrNO3. The Morgan fingerprint density at radius 2 is 1.81 bits per heavy atom. The van der Waals surface area contributed by atoms with E-state index in [0.717, 1.165) is 25.9 Å². The van der Waals surface area contributed by atoms with Crippen molar-refractivity contribution in [3.8, 4) is 11.5 Å². The molecule has 0 aliphatic carbocycles. The zero-order chi connectivity index (χ0) is 15.6. The van der Waals surface area contributed by atoms with Crippen LogP contribution in [0.3, 0.4) is 0 Å². The first kappa shape index (κ1) is 16.3. The predicted octanol–water partition coefficient (Wildman–Crippen LogP) is 3.52. The molecule has 1 aromatic rings. The van der Waals surface area contributed by atoms with Crippen LogP contribution in [-0.2, 0) is 0 Å². The van der Waals surface area contributed by atoms with Crippen LogP contribution < -0.4 is 9.47 Å². The van der Waals surface area contributed by atoms with Gasteiger partial charge in [0, 0.05) is 0 Å². The number of nitrogens with zero attached hydrogens (tertiary/aromatic N) is 1. The topological polar surface area (TPSA) is 38.8 Å². The number of methoxy groups -OCH3 is 2. The number of halogens is 1. The third-order valence-corrected chi connectivity index (χ3v) is 4.93. The number of ether oxygens (including phenoxy) is 2. The maximum Gasteiger partial charge on any atom is 0.186 e. The zero-order valence-corrected chi connectivity index (χ0v) is 14.6. The highest BCUT2D eigenvalue weighted by Crippen LogP contribution is 2.39. The van der Waals surface area contributed by atoms with Crippen LogP contribution in [-0.4, -0.2) is 43.5 Å². The molecule has 0 unspecified atom stereocenters. The van der Waals surface area contributed by atoms with E-state index in [4.69, 9.17) is 9.47 Å². The number of hydrogen-bond acceptors (Lipinski definition) is 4. The first-order valence-corrected chi connectivity index (χ1v) is 7.93. The Balaban J connectivity index is 2.41. The molecule has 116 valence electrons. The minimum Gasteiger partial charge on any atom is -0.495 e. The van der Waals surface area contributed by atoms with Crippen molar-refractivity contribution in [2.45, 2.75) is 32.2 Å². The summed E-state index contributed by atoms with van der Waals surface area (Å²) in [5.41, 5.74) is 0.0553. The SMILES string of the molecule is COc1ccc(C(=O)C(C)(C)N2CCCC2)c(OC)c1Br. The standard InChI is InChI=1S/C16H22BrNO3/c1-16(2,18-9-5-6-10-18)15(19)11-7-8-12(20-3)13(17)14(11)21-4/h7-8H,5-6,9-10H2,1-4H3. The Bertz CT molecular complexity index is 537. The third-order valence-electron chi connectivity index (χ3n) is 4.18. The summed E-state index contributed by atoms with van der Waals surface area (Å²) in [6, 6.07) is 3.57. The first-order valence-electron chi connectivity index (χ1n) is 7.13. The van der Waals surface area contributed by atoms with Crippen LogP contribution >= 0.6 is 15.9 Å². The van der Waals surface area contributed by atoms with Crippen LogP contribution in [0.2, 0.25) is 0 Å². The lowest BCUT2D eigenvalue weighted by atomic mass is 9.91. The van der Waals surface area contributed by atoms with E-state index in [1.165, 1.54) is 0 Å². The second-order valence-corrected chi connectivity index (χ2v) is 6.54. The highest BCUT2D eigenvalue weighted by Gasteiger charge is 2.38. The van der Waals surface area contributed by atoms with Crippen LogP contribution in [0, 0.1) is 0 Å². The van der Waals surface area contributed by atoms with E-state index in [-0.39, 0.29) is 5.78 Å². The molecule has 4 nitrogen and oxygen atoms in total. The van der Waals surface area contributed by atoms with Gasteiger partial charge in [-0.15, -0.1) is 0 Å². The summed E-state index contributed by atoms with van der Waals surface area (Å²) in [6.45, 7) is 5.91. The molecule has 21 heavy (non-hydrogen) atoms. The van der Waals surface area contributed by atoms with Gasteiger partial charge in [0.2, 0.25) is 0 Å². The average Bonchev–Trinajstić information content (AvgIpc) is 3.01. The number of Topliss-reactive ketones (excluding diaryl/α,β-unsaturated/α-hetero) is 1. The Labute approximate surface area is 134 Å². The van der Waals surface area contributed by atoms with E-state index in [2.05, 4.69) is 20.8 Å². The largest absolute Gasteiger partial charge is 0.495 e. The molecule has 0 saturated carbocycles. The van der Waals surface area contributed by atoms with Crippen molar-refractivity contribution in [2.24, 2.45) is 0 Å². The third kappa shape index (κ3) is 2.94. The van der Waals surface area contributed by atoms with E-state index in [9.17, 15) is 4.79 Å². The fraction of sp³-hybridized carbons (Fsp3) is 0.562. The molecule has 0 spiro atoms. The minimum atomic E-state index is -0.530. The van der Waals surface area contributed by atoms with E-state index < -0.39 is 5.54 Å².